The molecule has 162 valence electrons. The van der Waals surface area contributed by atoms with Crippen LogP contribution in [0.3, 0.4) is 0 Å². The molecule has 1 N–H and O–H groups in total. The summed E-state index contributed by atoms with van der Waals surface area (Å²) in [5, 5.41) is 4.92. The van der Waals surface area contributed by atoms with Crippen LogP contribution in [0.5, 0.6) is 5.75 Å². The Labute approximate surface area is 228 Å². The van der Waals surface area contributed by atoms with Gasteiger partial charge < -0.3 is 9.15 Å². The lowest BCUT2D eigenvalue weighted by molar-refractivity contribution is 0.0929. The molecule has 0 saturated heterocycles. The maximum absolute atomic E-state index is 12.4. The first-order chi connectivity index (χ1) is 15.4. The minimum Gasteiger partial charge on any atom is -0.487 e. The molecule has 0 unspecified atom stereocenters. The van der Waals surface area contributed by atoms with Gasteiger partial charge in [0.15, 0.2) is 5.76 Å². The van der Waals surface area contributed by atoms with Crippen molar-refractivity contribution in [2.24, 2.45) is 5.10 Å². The second-order valence-corrected chi connectivity index (χ2v) is 10.9. The van der Waals surface area contributed by atoms with Gasteiger partial charge in [-0.1, -0.05) is 44.0 Å². The predicted molar refractivity (Wildman–Crippen MR) is 149 cm³/mol. The number of nitrogens with one attached hydrogen (secondary N) is 1. The van der Waals surface area contributed by atoms with E-state index < -0.39 is 5.91 Å². The molecule has 0 aliphatic rings. The molecular weight excluding hydrogens is 766 g/mol. The molecule has 32 heavy (non-hydrogen) atoms. The molecule has 0 atom stereocenters. The van der Waals surface area contributed by atoms with Gasteiger partial charge in [0.2, 0.25) is 0 Å². The number of halogens is 4. The van der Waals surface area contributed by atoms with Crippen LogP contribution in [-0.2, 0) is 6.61 Å². The van der Waals surface area contributed by atoms with E-state index in [1.807, 2.05) is 54.6 Å². The lowest BCUT2D eigenvalue weighted by Gasteiger charge is -2.11. The number of benzene rings is 3. The van der Waals surface area contributed by atoms with E-state index in [0.29, 0.717) is 12.2 Å². The first kappa shape index (κ1) is 23.7. The highest BCUT2D eigenvalue weighted by Crippen LogP contribution is 2.29. The van der Waals surface area contributed by atoms with Crippen molar-refractivity contribution < 1.29 is 13.9 Å². The minimum atomic E-state index is -0.410. The van der Waals surface area contributed by atoms with Crippen LogP contribution in [0.4, 0.5) is 0 Å². The van der Waals surface area contributed by atoms with E-state index in [1.54, 1.807) is 12.3 Å². The van der Waals surface area contributed by atoms with Crippen molar-refractivity contribution in [1.82, 2.24) is 5.43 Å². The summed E-state index contributed by atoms with van der Waals surface area (Å²) in [5.74, 6) is 0.618. The van der Waals surface area contributed by atoms with Gasteiger partial charge >= 0.3 is 5.91 Å². The van der Waals surface area contributed by atoms with Gasteiger partial charge in [0, 0.05) is 14.3 Å². The Balaban J connectivity index is 1.41. The third-order valence-corrected chi connectivity index (χ3v) is 7.02. The van der Waals surface area contributed by atoms with Gasteiger partial charge in [-0.3, -0.25) is 4.79 Å². The molecular formula is C23H14Br2I2N2O3. The van der Waals surface area contributed by atoms with Crippen molar-refractivity contribution in [2.45, 2.75) is 6.61 Å². The fourth-order valence-electron chi connectivity index (χ4n) is 2.87. The highest BCUT2D eigenvalue weighted by atomic mass is 127. The van der Waals surface area contributed by atoms with E-state index in [9.17, 15) is 4.79 Å². The molecule has 0 radical (unpaired) electrons. The van der Waals surface area contributed by atoms with Crippen LogP contribution in [0.1, 0.15) is 21.7 Å². The molecule has 1 heterocycles. The molecule has 1 aromatic heterocycles. The molecule has 3 aromatic carbocycles. The monoisotopic (exact) mass is 778 g/mol. The molecule has 0 spiro atoms. The summed E-state index contributed by atoms with van der Waals surface area (Å²) in [4.78, 5) is 12.4. The zero-order valence-corrected chi connectivity index (χ0v) is 23.7. The summed E-state index contributed by atoms with van der Waals surface area (Å²) < 4.78 is 15.5. The van der Waals surface area contributed by atoms with Crippen molar-refractivity contribution in [3.05, 3.63) is 93.6 Å². The molecule has 5 nitrogen and oxygen atoms in total. The van der Waals surface area contributed by atoms with E-state index in [2.05, 4.69) is 87.6 Å². The summed E-state index contributed by atoms with van der Waals surface area (Å²) in [7, 11) is 0. The normalized spacial score (nSPS) is 11.2. The number of rotatable bonds is 6. The zero-order chi connectivity index (χ0) is 22.7. The second kappa shape index (κ2) is 10.7. The maximum Gasteiger partial charge on any atom is 0.307 e. The standard InChI is InChI=1S/C23H14Br2I2N2O3/c24-16-3-1-13(2-4-16)12-31-22-18(26)7-14(8-19(22)27)11-28-29-23(30)21-10-15-9-17(25)5-6-20(15)32-21/h1-11H,12H2,(H,29,30)/b28-11+. The number of ether oxygens (including phenoxy) is 1. The summed E-state index contributed by atoms with van der Waals surface area (Å²) in [6.07, 6.45) is 1.60. The van der Waals surface area contributed by atoms with Crippen LogP contribution in [-0.4, -0.2) is 12.1 Å². The molecule has 0 aliphatic carbocycles. The van der Waals surface area contributed by atoms with Crippen LogP contribution < -0.4 is 10.2 Å². The van der Waals surface area contributed by atoms with E-state index >= 15 is 0 Å². The van der Waals surface area contributed by atoms with Crippen LogP contribution in [0.25, 0.3) is 11.0 Å². The smallest absolute Gasteiger partial charge is 0.307 e. The SMILES string of the molecule is O=C(N/N=C/c1cc(I)c(OCc2ccc(Br)cc2)c(I)c1)c1cc2cc(Br)ccc2o1. The molecule has 0 saturated carbocycles. The molecule has 0 bridgehead atoms. The molecule has 1 amide bonds. The summed E-state index contributed by atoms with van der Waals surface area (Å²) in [6.45, 7) is 0.483. The van der Waals surface area contributed by atoms with E-state index in [4.69, 9.17) is 9.15 Å². The number of carbonyl (C=O) groups excluding carboxylic acids is 1. The number of amides is 1. The Morgan fingerprint density at radius 3 is 2.41 bits per heavy atom. The van der Waals surface area contributed by atoms with Crippen molar-refractivity contribution in [1.29, 1.82) is 0 Å². The molecule has 9 heteroatoms. The van der Waals surface area contributed by atoms with Gasteiger partial charge in [0.05, 0.1) is 13.4 Å². The third kappa shape index (κ3) is 5.91. The molecule has 0 fully saturated rings. The molecule has 4 aromatic rings. The summed E-state index contributed by atoms with van der Waals surface area (Å²) in [6, 6.07) is 19.2. The van der Waals surface area contributed by atoms with Crippen LogP contribution in [0.15, 0.2) is 79.1 Å². The number of hydrazone groups is 1. The number of nitrogens with zero attached hydrogens (tertiary/aromatic N) is 1. The topological polar surface area (TPSA) is 63.8 Å². The van der Waals surface area contributed by atoms with Gasteiger partial charge in [0.25, 0.3) is 0 Å². The third-order valence-electron chi connectivity index (χ3n) is 4.40. The second-order valence-electron chi connectivity index (χ2n) is 6.72. The lowest BCUT2D eigenvalue weighted by atomic mass is 10.2. The van der Waals surface area contributed by atoms with E-state index in [0.717, 1.165) is 38.3 Å². The quantitative estimate of drug-likeness (QED) is 0.125. The minimum absolute atomic E-state index is 0.205. The predicted octanol–water partition coefficient (Wildman–Crippen LogP) is 7.51. The average Bonchev–Trinajstić information content (AvgIpc) is 3.18. The number of hydrogen-bond acceptors (Lipinski definition) is 4. The number of fused-ring (bicyclic) bond motifs is 1. The number of furan rings is 1. The largest absolute Gasteiger partial charge is 0.487 e. The first-order valence-electron chi connectivity index (χ1n) is 9.28. The average molecular weight is 780 g/mol. The Hall–Kier alpha value is -1.44. The molecule has 4 rings (SSSR count). The van der Waals surface area contributed by atoms with Gasteiger partial charge in [-0.25, -0.2) is 5.43 Å². The van der Waals surface area contributed by atoms with Crippen LogP contribution >= 0.6 is 77.0 Å². The Morgan fingerprint density at radius 2 is 1.69 bits per heavy atom. The van der Waals surface area contributed by atoms with Gasteiger partial charge in [-0.05, 0) is 105 Å². The Morgan fingerprint density at radius 1 is 1.00 bits per heavy atom. The van der Waals surface area contributed by atoms with Gasteiger partial charge in [-0.15, -0.1) is 0 Å². The first-order valence-corrected chi connectivity index (χ1v) is 13.0. The van der Waals surface area contributed by atoms with Crippen molar-refractivity contribution in [2.75, 3.05) is 0 Å². The lowest BCUT2D eigenvalue weighted by Crippen LogP contribution is -2.16. The van der Waals surface area contributed by atoms with Crippen molar-refractivity contribution in [3.63, 3.8) is 0 Å². The Bertz CT molecular complexity index is 1300. The van der Waals surface area contributed by atoms with Gasteiger partial charge in [0.1, 0.15) is 17.9 Å². The van der Waals surface area contributed by atoms with Crippen LogP contribution in [0, 0.1) is 7.14 Å². The fraction of sp³-hybridized carbons (Fsp3) is 0.0435. The fourth-order valence-corrected chi connectivity index (χ4v) is 5.65. The zero-order valence-electron chi connectivity index (χ0n) is 16.2. The van der Waals surface area contributed by atoms with Crippen LogP contribution in [0.2, 0.25) is 0 Å². The maximum atomic E-state index is 12.4. The van der Waals surface area contributed by atoms with Crippen molar-refractivity contribution in [3.8, 4) is 5.75 Å². The summed E-state index contributed by atoms with van der Waals surface area (Å²) >= 11 is 11.3. The van der Waals surface area contributed by atoms with E-state index in [1.165, 1.54) is 0 Å². The molecule has 0 aliphatic heterocycles. The number of hydrogen-bond donors (Lipinski definition) is 1. The number of carbonyl (C=O) groups is 1. The summed E-state index contributed by atoms with van der Waals surface area (Å²) in [5.41, 5.74) is 5.10. The Kier molecular flexibility index (Phi) is 7.90. The van der Waals surface area contributed by atoms with E-state index in [-0.39, 0.29) is 5.76 Å². The highest BCUT2D eigenvalue weighted by molar-refractivity contribution is 14.1. The highest BCUT2D eigenvalue weighted by Gasteiger charge is 2.12. The van der Waals surface area contributed by atoms with Gasteiger partial charge in [-0.2, -0.15) is 5.10 Å². The van der Waals surface area contributed by atoms with Crippen molar-refractivity contribution >= 4 is 100 Å².